The highest BCUT2D eigenvalue weighted by Gasteiger charge is 2.35. The fourth-order valence-corrected chi connectivity index (χ4v) is 3.68. The van der Waals surface area contributed by atoms with Crippen molar-refractivity contribution in [1.29, 1.82) is 5.41 Å². The van der Waals surface area contributed by atoms with E-state index in [4.69, 9.17) is 10.5 Å². The Morgan fingerprint density at radius 1 is 1.00 bits per heavy atom. The second-order valence-electron chi connectivity index (χ2n) is 6.30. The Morgan fingerprint density at radius 2 is 1.88 bits per heavy atom. The third-order valence-electron chi connectivity index (χ3n) is 4.81. The van der Waals surface area contributed by atoms with E-state index < -0.39 is 0 Å². The van der Waals surface area contributed by atoms with E-state index in [1.54, 1.807) is 11.2 Å². The van der Waals surface area contributed by atoms with Crippen LogP contribution < -0.4 is 9.91 Å². The van der Waals surface area contributed by atoms with Crippen LogP contribution in [0.1, 0.15) is 18.4 Å². The number of pyridine rings is 1. The molecular weight excluding hydrogens is 310 g/mol. The molecule has 4 heterocycles. The topological polar surface area (TPSA) is 55.6 Å². The van der Waals surface area contributed by atoms with Gasteiger partial charge in [0.05, 0.1) is 17.0 Å². The van der Waals surface area contributed by atoms with Gasteiger partial charge in [0.15, 0.2) is 11.7 Å². The van der Waals surface area contributed by atoms with Gasteiger partial charge in [0.25, 0.3) is 0 Å². The molecule has 1 N–H and O–H groups in total. The number of allylic oxidation sites excluding steroid dienone is 1. The van der Waals surface area contributed by atoms with Crippen LogP contribution in [0.5, 0.6) is 0 Å². The first kappa shape index (κ1) is 14.2. The number of amidine groups is 1. The molecule has 2 aromatic rings. The lowest BCUT2D eigenvalue weighted by Gasteiger charge is -2.30. The first-order valence-electron chi connectivity index (χ1n) is 8.50. The number of fused-ring (bicyclic) bond motifs is 4. The molecule has 3 aliphatic rings. The molecule has 0 atom stereocenters. The Labute approximate surface area is 146 Å². The fraction of sp³-hybridized carbons (Fsp3) is 0.150. The van der Waals surface area contributed by atoms with Gasteiger partial charge in [-0.2, -0.15) is 10.1 Å². The Hall–Kier alpha value is -3.21. The van der Waals surface area contributed by atoms with Crippen molar-refractivity contribution in [3.8, 4) is 0 Å². The Bertz CT molecular complexity index is 955. The Morgan fingerprint density at radius 3 is 2.76 bits per heavy atom. The van der Waals surface area contributed by atoms with Crippen LogP contribution in [0.2, 0.25) is 0 Å². The fourth-order valence-electron chi connectivity index (χ4n) is 3.68. The number of hydrogen-bond acceptors (Lipinski definition) is 4. The average Bonchev–Trinajstić information content (AvgIpc) is 2.87. The maximum Gasteiger partial charge on any atom is 0.159 e. The molecule has 3 aliphatic heterocycles. The SMILES string of the molecule is N=C1C2=C3C=Cc4ccccc4N3CCCC2=NN1c1ccccn1. The van der Waals surface area contributed by atoms with Crippen molar-refractivity contribution in [2.24, 2.45) is 5.10 Å². The third kappa shape index (κ3) is 2.12. The van der Waals surface area contributed by atoms with Crippen molar-refractivity contribution in [2.75, 3.05) is 16.5 Å². The molecule has 0 bridgehead atoms. The van der Waals surface area contributed by atoms with Crippen molar-refractivity contribution in [2.45, 2.75) is 12.8 Å². The van der Waals surface area contributed by atoms with Crippen LogP contribution in [-0.2, 0) is 0 Å². The van der Waals surface area contributed by atoms with Gasteiger partial charge in [-0.1, -0.05) is 30.3 Å². The molecule has 1 aromatic carbocycles. The van der Waals surface area contributed by atoms with E-state index in [0.717, 1.165) is 36.4 Å². The summed E-state index contributed by atoms with van der Waals surface area (Å²) in [6.07, 6.45) is 7.87. The van der Waals surface area contributed by atoms with Crippen molar-refractivity contribution in [1.82, 2.24) is 4.98 Å². The largest absolute Gasteiger partial charge is 0.340 e. The quantitative estimate of drug-likeness (QED) is 0.866. The maximum atomic E-state index is 8.73. The second kappa shape index (κ2) is 5.41. The summed E-state index contributed by atoms with van der Waals surface area (Å²) in [6.45, 7) is 0.941. The van der Waals surface area contributed by atoms with Gasteiger partial charge in [0, 0.05) is 18.4 Å². The first-order valence-corrected chi connectivity index (χ1v) is 8.50. The van der Waals surface area contributed by atoms with Crippen LogP contribution in [-0.4, -0.2) is 23.1 Å². The Kier molecular flexibility index (Phi) is 3.06. The number of nitrogens with zero attached hydrogens (tertiary/aromatic N) is 4. The zero-order valence-corrected chi connectivity index (χ0v) is 13.7. The summed E-state index contributed by atoms with van der Waals surface area (Å²) in [5, 5.41) is 15.1. The Balaban J connectivity index is 1.65. The van der Waals surface area contributed by atoms with Crippen LogP contribution in [0.25, 0.3) is 6.08 Å². The molecule has 1 aromatic heterocycles. The van der Waals surface area contributed by atoms with E-state index in [0.29, 0.717) is 11.7 Å². The molecule has 5 heteroatoms. The lowest BCUT2D eigenvalue weighted by atomic mass is 10.0. The monoisotopic (exact) mass is 327 g/mol. The van der Waals surface area contributed by atoms with Gasteiger partial charge in [-0.15, -0.1) is 0 Å². The van der Waals surface area contributed by atoms with Gasteiger partial charge in [-0.25, -0.2) is 4.98 Å². The van der Waals surface area contributed by atoms with Gasteiger partial charge in [0.2, 0.25) is 0 Å². The minimum atomic E-state index is 0.402. The standard InChI is InChI=1S/C20H17N5/c21-20-19-15(23-25(20)18-9-3-4-12-22-18)7-5-13-24-16-8-2-1-6-14(16)10-11-17(19)24/h1-4,6,8-12,21H,5,7,13H2. The van der Waals surface area contributed by atoms with Crippen LogP contribution >= 0.6 is 0 Å². The third-order valence-corrected chi connectivity index (χ3v) is 4.81. The number of para-hydroxylation sites is 1. The number of benzene rings is 1. The minimum absolute atomic E-state index is 0.402. The first-order chi connectivity index (χ1) is 12.3. The average molecular weight is 327 g/mol. The molecule has 0 spiro atoms. The summed E-state index contributed by atoms with van der Waals surface area (Å²) in [5.74, 6) is 1.09. The summed E-state index contributed by atoms with van der Waals surface area (Å²) in [7, 11) is 0. The van der Waals surface area contributed by atoms with Gasteiger partial charge in [0.1, 0.15) is 0 Å². The van der Waals surface area contributed by atoms with Gasteiger partial charge >= 0.3 is 0 Å². The molecule has 0 radical (unpaired) electrons. The number of rotatable bonds is 1. The number of nitrogens with one attached hydrogen (secondary N) is 1. The molecule has 0 amide bonds. The van der Waals surface area contributed by atoms with Crippen molar-refractivity contribution < 1.29 is 0 Å². The second-order valence-corrected chi connectivity index (χ2v) is 6.30. The van der Waals surface area contributed by atoms with Gasteiger partial charge in [-0.05, 0) is 42.7 Å². The highest BCUT2D eigenvalue weighted by atomic mass is 15.5. The van der Waals surface area contributed by atoms with Crippen LogP contribution in [0.4, 0.5) is 11.5 Å². The van der Waals surface area contributed by atoms with E-state index in [2.05, 4.69) is 46.3 Å². The number of aromatic nitrogens is 1. The van der Waals surface area contributed by atoms with E-state index in [-0.39, 0.29) is 0 Å². The molecule has 0 fully saturated rings. The minimum Gasteiger partial charge on any atom is -0.340 e. The molecule has 0 saturated carbocycles. The van der Waals surface area contributed by atoms with Crippen LogP contribution in [0, 0.1) is 5.41 Å². The number of anilines is 2. The summed E-state index contributed by atoms with van der Waals surface area (Å²) >= 11 is 0. The smallest absolute Gasteiger partial charge is 0.159 e. The molecule has 25 heavy (non-hydrogen) atoms. The highest BCUT2D eigenvalue weighted by Crippen LogP contribution is 2.37. The highest BCUT2D eigenvalue weighted by molar-refractivity contribution is 6.32. The number of hydrazone groups is 1. The zero-order chi connectivity index (χ0) is 16.8. The predicted octanol–water partition coefficient (Wildman–Crippen LogP) is 3.82. The molecule has 0 aliphatic carbocycles. The lowest BCUT2D eigenvalue weighted by Crippen LogP contribution is -2.29. The van der Waals surface area contributed by atoms with E-state index in [1.807, 2.05) is 18.2 Å². The van der Waals surface area contributed by atoms with Crippen molar-refractivity contribution in [3.63, 3.8) is 0 Å². The maximum absolute atomic E-state index is 8.73. The number of hydrogen-bond donors (Lipinski definition) is 1. The van der Waals surface area contributed by atoms with Crippen LogP contribution in [0.15, 0.2) is 71.1 Å². The van der Waals surface area contributed by atoms with Gasteiger partial charge < -0.3 is 4.90 Å². The lowest BCUT2D eigenvalue weighted by molar-refractivity contribution is 0.832. The van der Waals surface area contributed by atoms with Gasteiger partial charge in [-0.3, -0.25) is 5.41 Å². The molecular formula is C20H17N5. The van der Waals surface area contributed by atoms with Crippen LogP contribution in [0.3, 0.4) is 0 Å². The summed E-state index contributed by atoms with van der Waals surface area (Å²) in [5.41, 5.74) is 5.40. The molecule has 122 valence electrons. The molecule has 0 saturated heterocycles. The zero-order valence-electron chi connectivity index (χ0n) is 13.7. The van der Waals surface area contributed by atoms with Crippen molar-refractivity contribution in [3.05, 3.63) is 71.6 Å². The van der Waals surface area contributed by atoms with E-state index >= 15 is 0 Å². The van der Waals surface area contributed by atoms with Crippen molar-refractivity contribution >= 4 is 29.1 Å². The predicted molar refractivity (Wildman–Crippen MR) is 101 cm³/mol. The summed E-state index contributed by atoms with van der Waals surface area (Å²) in [6, 6.07) is 14.1. The molecule has 5 nitrogen and oxygen atoms in total. The van der Waals surface area contributed by atoms with E-state index in [1.165, 1.54) is 11.3 Å². The summed E-state index contributed by atoms with van der Waals surface area (Å²) < 4.78 is 0. The van der Waals surface area contributed by atoms with E-state index in [9.17, 15) is 0 Å². The normalized spacial score (nSPS) is 18.6. The molecule has 0 unspecified atom stereocenters. The molecule has 5 rings (SSSR count). The summed E-state index contributed by atoms with van der Waals surface area (Å²) in [4.78, 5) is 6.68.